The number of halogens is 1. The molecule has 3 aromatic rings. The van der Waals surface area contributed by atoms with Gasteiger partial charge in [0.1, 0.15) is 29.7 Å². The molecule has 0 fully saturated rings. The molecule has 29 heavy (non-hydrogen) atoms. The minimum absolute atomic E-state index is 0.140. The molecule has 0 amide bonds. The highest BCUT2D eigenvalue weighted by atomic mass is 19.1. The Balaban J connectivity index is 1.67. The Morgan fingerprint density at radius 2 is 1.97 bits per heavy atom. The molecule has 0 N–H and O–H groups in total. The summed E-state index contributed by atoms with van der Waals surface area (Å²) in [5, 5.41) is 11.0. The van der Waals surface area contributed by atoms with E-state index in [1.54, 1.807) is 36.4 Å². The minimum Gasteiger partial charge on any atom is -0.496 e. The van der Waals surface area contributed by atoms with Crippen molar-refractivity contribution < 1.29 is 28.0 Å². The molecule has 0 bridgehead atoms. The lowest BCUT2D eigenvalue weighted by Crippen LogP contribution is -1.99. The van der Waals surface area contributed by atoms with Crippen LogP contribution < -0.4 is 9.47 Å². The normalized spacial score (nSPS) is 10.8. The lowest BCUT2D eigenvalue weighted by Gasteiger charge is -2.05. The third kappa shape index (κ3) is 4.86. The summed E-state index contributed by atoms with van der Waals surface area (Å²) >= 11 is 0. The number of carbonyl (C=O) groups excluding carboxylic acids is 1. The van der Waals surface area contributed by atoms with Crippen LogP contribution in [0.3, 0.4) is 0 Å². The largest absolute Gasteiger partial charge is 0.496 e. The van der Waals surface area contributed by atoms with Crippen molar-refractivity contribution in [1.82, 2.24) is 0 Å². The molecule has 0 aliphatic carbocycles. The van der Waals surface area contributed by atoms with E-state index in [0.29, 0.717) is 22.8 Å². The van der Waals surface area contributed by atoms with Gasteiger partial charge in [0.2, 0.25) is 0 Å². The highest BCUT2D eigenvalue weighted by Gasteiger charge is 2.16. The van der Waals surface area contributed by atoms with E-state index in [1.807, 2.05) is 0 Å². The van der Waals surface area contributed by atoms with Crippen molar-refractivity contribution in [3.8, 4) is 11.5 Å². The van der Waals surface area contributed by atoms with Crippen molar-refractivity contribution in [3.05, 3.63) is 93.7 Å². The standard InChI is InChI=1S/C21H16FNO6/c1-27-20-5-3-2-4-17(20)19(24)11-9-15-7-8-16(29-15)13-28-21-12-14(22)6-10-18(21)23(25)26/h2-12H,13H2,1H3/b11-9+. The molecule has 1 aromatic heterocycles. The molecule has 0 aliphatic heterocycles. The maximum Gasteiger partial charge on any atom is 0.311 e. The number of ether oxygens (including phenoxy) is 2. The summed E-state index contributed by atoms with van der Waals surface area (Å²) in [7, 11) is 1.48. The Morgan fingerprint density at radius 3 is 2.72 bits per heavy atom. The highest BCUT2D eigenvalue weighted by molar-refractivity contribution is 6.08. The van der Waals surface area contributed by atoms with E-state index in [1.165, 1.54) is 19.3 Å². The van der Waals surface area contributed by atoms with Crippen LogP contribution in [0.15, 0.2) is 65.1 Å². The van der Waals surface area contributed by atoms with Crippen molar-refractivity contribution in [2.75, 3.05) is 7.11 Å². The molecular formula is C21H16FNO6. The average Bonchev–Trinajstić information content (AvgIpc) is 3.18. The summed E-state index contributed by atoms with van der Waals surface area (Å²) in [6, 6.07) is 13.0. The van der Waals surface area contributed by atoms with Gasteiger partial charge in [-0.2, -0.15) is 0 Å². The Morgan fingerprint density at radius 1 is 1.17 bits per heavy atom. The predicted octanol–water partition coefficient (Wildman–Crippen LogP) is 4.81. The minimum atomic E-state index is -0.658. The number of carbonyl (C=O) groups is 1. The molecule has 0 spiro atoms. The smallest absolute Gasteiger partial charge is 0.311 e. The first-order valence-corrected chi connectivity index (χ1v) is 8.49. The van der Waals surface area contributed by atoms with Crippen molar-refractivity contribution in [2.45, 2.75) is 6.61 Å². The fourth-order valence-electron chi connectivity index (χ4n) is 2.56. The van der Waals surface area contributed by atoms with Gasteiger partial charge in [0.15, 0.2) is 11.5 Å². The second-order valence-corrected chi connectivity index (χ2v) is 5.86. The van der Waals surface area contributed by atoms with Gasteiger partial charge in [0, 0.05) is 12.1 Å². The summed E-state index contributed by atoms with van der Waals surface area (Å²) in [6.07, 6.45) is 2.83. The molecule has 2 aromatic carbocycles. The summed E-state index contributed by atoms with van der Waals surface area (Å²) < 4.78 is 29.3. The van der Waals surface area contributed by atoms with E-state index in [-0.39, 0.29) is 23.8 Å². The molecule has 0 unspecified atom stereocenters. The summed E-state index contributed by atoms with van der Waals surface area (Å²) in [5.74, 6) is 0.103. The third-order valence-corrected chi connectivity index (χ3v) is 3.94. The molecule has 3 rings (SSSR count). The van der Waals surface area contributed by atoms with Crippen LogP contribution in [0.25, 0.3) is 6.08 Å². The lowest BCUT2D eigenvalue weighted by molar-refractivity contribution is -0.386. The van der Waals surface area contributed by atoms with Gasteiger partial charge >= 0.3 is 5.69 Å². The van der Waals surface area contributed by atoms with Crippen LogP contribution in [0, 0.1) is 15.9 Å². The summed E-state index contributed by atoms with van der Waals surface area (Å²) in [5.41, 5.74) is 0.0697. The van der Waals surface area contributed by atoms with E-state index in [0.717, 1.165) is 18.2 Å². The molecule has 8 heteroatoms. The summed E-state index contributed by atoms with van der Waals surface area (Å²) in [4.78, 5) is 22.6. The number of ketones is 1. The molecule has 1 heterocycles. The number of nitro groups is 1. The van der Waals surface area contributed by atoms with Crippen LogP contribution in [0.1, 0.15) is 21.9 Å². The number of nitro benzene ring substituents is 1. The first-order chi connectivity index (χ1) is 14.0. The van der Waals surface area contributed by atoms with E-state index in [2.05, 4.69) is 0 Å². The van der Waals surface area contributed by atoms with Crippen LogP contribution in [0.2, 0.25) is 0 Å². The molecule has 148 valence electrons. The van der Waals surface area contributed by atoms with Gasteiger partial charge in [-0.25, -0.2) is 4.39 Å². The SMILES string of the molecule is COc1ccccc1C(=O)/C=C/c1ccc(COc2cc(F)ccc2[N+](=O)[O-])o1. The predicted molar refractivity (Wildman–Crippen MR) is 102 cm³/mol. The van der Waals surface area contributed by atoms with E-state index >= 15 is 0 Å². The van der Waals surface area contributed by atoms with E-state index in [4.69, 9.17) is 13.9 Å². The number of hydrogen-bond acceptors (Lipinski definition) is 6. The van der Waals surface area contributed by atoms with Crippen LogP contribution in [-0.2, 0) is 6.61 Å². The number of para-hydroxylation sites is 1. The first kappa shape index (κ1) is 19.8. The van der Waals surface area contributed by atoms with E-state index in [9.17, 15) is 19.3 Å². The summed E-state index contributed by atoms with van der Waals surface area (Å²) in [6.45, 7) is -0.140. The maximum absolute atomic E-state index is 13.3. The second-order valence-electron chi connectivity index (χ2n) is 5.86. The van der Waals surface area contributed by atoms with Gasteiger partial charge in [-0.05, 0) is 42.5 Å². The molecular weight excluding hydrogens is 381 g/mol. The fourth-order valence-corrected chi connectivity index (χ4v) is 2.56. The van der Waals surface area contributed by atoms with Gasteiger partial charge < -0.3 is 13.9 Å². The van der Waals surface area contributed by atoms with E-state index < -0.39 is 10.7 Å². The van der Waals surface area contributed by atoms with Crippen LogP contribution >= 0.6 is 0 Å². The van der Waals surface area contributed by atoms with Crippen molar-refractivity contribution in [3.63, 3.8) is 0 Å². The first-order valence-electron chi connectivity index (χ1n) is 8.49. The molecule has 0 saturated heterocycles. The van der Waals surface area contributed by atoms with Crippen molar-refractivity contribution in [2.24, 2.45) is 0 Å². The zero-order valence-electron chi connectivity index (χ0n) is 15.3. The molecule has 0 atom stereocenters. The van der Waals surface area contributed by atoms with Crippen LogP contribution in [0.4, 0.5) is 10.1 Å². The number of rotatable bonds is 8. The molecule has 7 nitrogen and oxygen atoms in total. The number of methoxy groups -OCH3 is 1. The van der Waals surface area contributed by atoms with Crippen LogP contribution in [-0.4, -0.2) is 17.8 Å². The topological polar surface area (TPSA) is 91.8 Å². The maximum atomic E-state index is 13.3. The quantitative estimate of drug-likeness (QED) is 0.234. The number of furan rings is 1. The Kier molecular flexibility index (Phi) is 6.03. The van der Waals surface area contributed by atoms with Crippen LogP contribution in [0.5, 0.6) is 11.5 Å². The molecule has 0 radical (unpaired) electrons. The van der Waals surface area contributed by atoms with Gasteiger partial charge in [-0.15, -0.1) is 0 Å². The number of allylic oxidation sites excluding steroid dienone is 1. The van der Waals surface area contributed by atoms with Gasteiger partial charge in [0.25, 0.3) is 0 Å². The monoisotopic (exact) mass is 397 g/mol. The zero-order valence-corrected chi connectivity index (χ0v) is 15.3. The zero-order chi connectivity index (χ0) is 20.8. The average molecular weight is 397 g/mol. The lowest BCUT2D eigenvalue weighted by atomic mass is 10.1. The van der Waals surface area contributed by atoms with Crippen molar-refractivity contribution >= 4 is 17.5 Å². The molecule has 0 saturated carbocycles. The van der Waals surface area contributed by atoms with Gasteiger partial charge in [0.05, 0.1) is 17.6 Å². The van der Waals surface area contributed by atoms with Crippen molar-refractivity contribution in [1.29, 1.82) is 0 Å². The molecule has 0 aliphatic rings. The van der Waals surface area contributed by atoms with Gasteiger partial charge in [-0.1, -0.05) is 12.1 Å². The third-order valence-electron chi connectivity index (χ3n) is 3.94. The number of hydrogen-bond donors (Lipinski definition) is 0. The number of benzene rings is 2. The number of nitrogens with zero attached hydrogens (tertiary/aromatic N) is 1. The fraction of sp³-hybridized carbons (Fsp3) is 0.0952. The Bertz CT molecular complexity index is 1070. The van der Waals surface area contributed by atoms with Gasteiger partial charge in [-0.3, -0.25) is 14.9 Å². The highest BCUT2D eigenvalue weighted by Crippen LogP contribution is 2.28. The Labute approximate surface area is 165 Å². The Hall–Kier alpha value is -3.94. The second kappa shape index (κ2) is 8.83.